The zero-order valence-electron chi connectivity index (χ0n) is 20.0. The third-order valence-electron chi connectivity index (χ3n) is 7.40. The fourth-order valence-electron chi connectivity index (χ4n) is 5.24. The average Bonchev–Trinajstić information content (AvgIpc) is 3.22. The Kier molecular flexibility index (Phi) is 5.72. The topological polar surface area (TPSA) is 90.5 Å². The average molecular weight is 501 g/mol. The van der Waals surface area contributed by atoms with E-state index in [1.165, 1.54) is 17.8 Å². The van der Waals surface area contributed by atoms with E-state index >= 15 is 0 Å². The molecule has 1 aliphatic carbocycles. The number of piperidine rings is 1. The minimum Gasteiger partial charge on any atom is -0.370 e. The van der Waals surface area contributed by atoms with E-state index in [0.29, 0.717) is 23.0 Å². The van der Waals surface area contributed by atoms with Gasteiger partial charge in [0.15, 0.2) is 0 Å². The predicted octanol–water partition coefficient (Wildman–Crippen LogP) is 5.54. The quantitative estimate of drug-likeness (QED) is 0.434. The standard InChI is InChI=1S/C27H28N6O2S/c1-3-16(2)32-13-5-8-18(15-32)30-25(34)24-23-22-21(10-12-29-26(22)36-24)33(27(35)31-23)19-9-11-28-20(14-19)17-6-4-7-17/h3,9-12,14,17-18H,1-2,4-8,13,15H2,(H,30,34)(H,31,35)/t18-/m1/s1. The van der Waals surface area contributed by atoms with Crippen molar-refractivity contribution in [2.24, 2.45) is 0 Å². The number of urea groups is 1. The minimum atomic E-state index is -0.292. The van der Waals surface area contributed by atoms with Crippen molar-refractivity contribution in [3.63, 3.8) is 0 Å². The maximum atomic E-state index is 13.4. The normalized spacial score (nSPS) is 19.6. The van der Waals surface area contributed by atoms with E-state index in [0.717, 1.165) is 65.2 Å². The van der Waals surface area contributed by atoms with Crippen LogP contribution in [0.15, 0.2) is 55.5 Å². The predicted molar refractivity (Wildman–Crippen MR) is 143 cm³/mol. The second-order valence-corrected chi connectivity index (χ2v) is 10.6. The van der Waals surface area contributed by atoms with Crippen molar-refractivity contribution >= 4 is 50.6 Å². The van der Waals surface area contributed by atoms with Crippen molar-refractivity contribution in [2.45, 2.75) is 44.1 Å². The largest absolute Gasteiger partial charge is 0.370 e. The number of amides is 3. The Morgan fingerprint density at radius 1 is 1.19 bits per heavy atom. The van der Waals surface area contributed by atoms with Crippen molar-refractivity contribution in [3.8, 4) is 0 Å². The number of carbonyl (C=O) groups is 2. The number of hydrogen-bond acceptors (Lipinski definition) is 6. The summed E-state index contributed by atoms with van der Waals surface area (Å²) in [5.74, 6) is 0.265. The zero-order chi connectivity index (χ0) is 24.8. The van der Waals surface area contributed by atoms with Gasteiger partial charge in [0, 0.05) is 48.8 Å². The number of allylic oxidation sites excluding steroid dienone is 1. The molecule has 0 aromatic carbocycles. The second kappa shape index (κ2) is 9.05. The van der Waals surface area contributed by atoms with E-state index in [2.05, 4.69) is 38.7 Å². The number of nitrogens with zero attached hydrogens (tertiary/aromatic N) is 4. The number of thiophene rings is 1. The van der Waals surface area contributed by atoms with Gasteiger partial charge in [0.25, 0.3) is 5.91 Å². The SMILES string of the molecule is C=CC(=C)N1CCC[C@@H](NC(=O)c2sc3nccc4c3c2NC(=O)N4c2ccnc(C3CCC3)c2)C1. The van der Waals surface area contributed by atoms with Crippen LogP contribution in [-0.2, 0) is 0 Å². The molecular weight excluding hydrogens is 472 g/mol. The van der Waals surface area contributed by atoms with Crippen LogP contribution in [0.4, 0.5) is 21.9 Å². The molecule has 2 fully saturated rings. The zero-order valence-corrected chi connectivity index (χ0v) is 20.8. The van der Waals surface area contributed by atoms with Crippen LogP contribution in [0, 0.1) is 0 Å². The molecule has 0 spiro atoms. The third kappa shape index (κ3) is 3.83. The number of nitrogens with one attached hydrogen (secondary N) is 2. The highest BCUT2D eigenvalue weighted by atomic mass is 32.1. The number of rotatable bonds is 6. The molecule has 9 heteroatoms. The Morgan fingerprint density at radius 3 is 2.81 bits per heavy atom. The van der Waals surface area contributed by atoms with Gasteiger partial charge in [-0.2, -0.15) is 0 Å². The molecule has 1 atom stereocenters. The van der Waals surface area contributed by atoms with Crippen LogP contribution in [0.2, 0.25) is 0 Å². The van der Waals surface area contributed by atoms with Gasteiger partial charge < -0.3 is 15.5 Å². The minimum absolute atomic E-state index is 0.00896. The summed E-state index contributed by atoms with van der Waals surface area (Å²) in [7, 11) is 0. The third-order valence-corrected chi connectivity index (χ3v) is 8.49. The maximum absolute atomic E-state index is 13.4. The molecule has 0 radical (unpaired) electrons. The number of anilines is 3. The van der Waals surface area contributed by atoms with Gasteiger partial charge in [-0.1, -0.05) is 19.6 Å². The van der Waals surface area contributed by atoms with Crippen molar-refractivity contribution in [3.05, 3.63) is 66.1 Å². The first-order chi connectivity index (χ1) is 17.5. The fraction of sp³-hybridized carbons (Fsp3) is 0.333. The van der Waals surface area contributed by atoms with Crippen LogP contribution in [-0.4, -0.2) is 45.9 Å². The molecule has 5 heterocycles. The lowest BCUT2D eigenvalue weighted by atomic mass is 9.82. The number of pyridine rings is 2. The molecular formula is C27H28N6O2S. The Labute approximate surface area is 213 Å². The Balaban J connectivity index is 1.32. The summed E-state index contributed by atoms with van der Waals surface area (Å²) in [4.78, 5) is 40.9. The number of aromatic nitrogens is 2. The summed E-state index contributed by atoms with van der Waals surface area (Å²) in [6, 6.07) is 5.39. The molecule has 184 valence electrons. The number of hydrogen-bond donors (Lipinski definition) is 2. The first-order valence-electron chi connectivity index (χ1n) is 12.4. The molecule has 0 unspecified atom stereocenters. The lowest BCUT2D eigenvalue weighted by Crippen LogP contribution is -2.47. The summed E-state index contributed by atoms with van der Waals surface area (Å²) < 4.78 is 0. The molecule has 1 saturated heterocycles. The van der Waals surface area contributed by atoms with Crippen molar-refractivity contribution in [2.75, 3.05) is 23.3 Å². The van der Waals surface area contributed by atoms with Crippen LogP contribution >= 0.6 is 11.3 Å². The molecule has 8 nitrogen and oxygen atoms in total. The Hall–Kier alpha value is -3.72. The van der Waals surface area contributed by atoms with Gasteiger partial charge >= 0.3 is 6.03 Å². The van der Waals surface area contributed by atoms with Gasteiger partial charge in [-0.3, -0.25) is 14.7 Å². The van der Waals surface area contributed by atoms with Gasteiger partial charge in [0.05, 0.1) is 22.4 Å². The van der Waals surface area contributed by atoms with E-state index in [9.17, 15) is 9.59 Å². The molecule has 3 aromatic heterocycles. The first kappa shape index (κ1) is 22.7. The molecule has 3 amide bonds. The Bertz CT molecular complexity index is 1390. The van der Waals surface area contributed by atoms with Crippen molar-refractivity contribution < 1.29 is 9.59 Å². The van der Waals surface area contributed by atoms with Crippen LogP contribution in [0.5, 0.6) is 0 Å². The van der Waals surface area contributed by atoms with Gasteiger partial charge in [-0.05, 0) is 50.0 Å². The van der Waals surface area contributed by atoms with Gasteiger partial charge in [-0.15, -0.1) is 11.3 Å². The molecule has 2 aliphatic heterocycles. The first-order valence-corrected chi connectivity index (χ1v) is 13.2. The lowest BCUT2D eigenvalue weighted by molar-refractivity contribution is 0.0920. The summed E-state index contributed by atoms with van der Waals surface area (Å²) in [5, 5.41) is 6.95. The fourth-order valence-corrected chi connectivity index (χ4v) is 6.26. The van der Waals surface area contributed by atoms with Crippen LogP contribution in [0.1, 0.15) is 53.4 Å². The summed E-state index contributed by atoms with van der Waals surface area (Å²) in [6.07, 6.45) is 10.5. The smallest absolute Gasteiger partial charge is 0.331 e. The number of likely N-dealkylation sites (tertiary alicyclic amines) is 1. The van der Waals surface area contributed by atoms with Crippen LogP contribution < -0.4 is 15.5 Å². The Morgan fingerprint density at radius 2 is 2.03 bits per heavy atom. The van der Waals surface area contributed by atoms with Gasteiger partial charge in [0.1, 0.15) is 9.71 Å². The van der Waals surface area contributed by atoms with Crippen LogP contribution in [0.25, 0.3) is 10.2 Å². The molecule has 0 bridgehead atoms. The molecule has 1 saturated carbocycles. The van der Waals surface area contributed by atoms with E-state index in [4.69, 9.17) is 0 Å². The number of carbonyl (C=O) groups excluding carboxylic acids is 2. The molecule has 6 rings (SSSR count). The highest BCUT2D eigenvalue weighted by Crippen LogP contribution is 2.46. The van der Waals surface area contributed by atoms with E-state index in [-0.39, 0.29) is 18.0 Å². The molecule has 3 aliphatic rings. The van der Waals surface area contributed by atoms with Gasteiger partial charge in [0.2, 0.25) is 0 Å². The highest BCUT2D eigenvalue weighted by Gasteiger charge is 2.34. The summed E-state index contributed by atoms with van der Waals surface area (Å²) in [6.45, 7) is 9.43. The van der Waals surface area contributed by atoms with Gasteiger partial charge in [-0.25, -0.2) is 9.78 Å². The van der Waals surface area contributed by atoms with E-state index in [1.807, 2.05) is 18.2 Å². The maximum Gasteiger partial charge on any atom is 0.331 e. The van der Waals surface area contributed by atoms with E-state index < -0.39 is 0 Å². The van der Waals surface area contributed by atoms with Crippen molar-refractivity contribution in [1.29, 1.82) is 0 Å². The second-order valence-electron chi connectivity index (χ2n) is 9.60. The molecule has 2 N–H and O–H groups in total. The monoisotopic (exact) mass is 500 g/mol. The highest BCUT2D eigenvalue weighted by molar-refractivity contribution is 7.21. The van der Waals surface area contributed by atoms with E-state index in [1.54, 1.807) is 23.4 Å². The lowest BCUT2D eigenvalue weighted by Gasteiger charge is -2.35. The molecule has 3 aromatic rings. The molecule has 36 heavy (non-hydrogen) atoms. The van der Waals surface area contributed by atoms with Crippen LogP contribution in [0.3, 0.4) is 0 Å². The van der Waals surface area contributed by atoms with Crippen molar-refractivity contribution in [1.82, 2.24) is 20.2 Å². The summed E-state index contributed by atoms with van der Waals surface area (Å²) >= 11 is 1.31. The summed E-state index contributed by atoms with van der Waals surface area (Å²) in [5.41, 5.74) is 3.92.